The van der Waals surface area contributed by atoms with Gasteiger partial charge in [-0.2, -0.15) is 0 Å². The standard InChI is InChI=1S/C18H16O2/c1-2-9-16(18(19)20)17(14-10-5-3-6-11-14)15-12-7-4-8-13-15/h2-8,10-13H,1,9H2,(H,19,20). The van der Waals surface area contributed by atoms with Crippen LogP contribution in [0.1, 0.15) is 17.5 Å². The van der Waals surface area contributed by atoms with Gasteiger partial charge in [0.15, 0.2) is 0 Å². The van der Waals surface area contributed by atoms with Crippen LogP contribution >= 0.6 is 0 Å². The number of carboxylic acids is 1. The molecule has 0 radical (unpaired) electrons. The number of carboxylic acid groups (broad SMARTS) is 1. The van der Waals surface area contributed by atoms with Gasteiger partial charge < -0.3 is 5.11 Å². The summed E-state index contributed by atoms with van der Waals surface area (Å²) in [5.41, 5.74) is 2.91. The van der Waals surface area contributed by atoms with E-state index >= 15 is 0 Å². The summed E-state index contributed by atoms with van der Waals surface area (Å²) in [6.07, 6.45) is 1.95. The van der Waals surface area contributed by atoms with E-state index in [0.29, 0.717) is 12.0 Å². The zero-order valence-corrected chi connectivity index (χ0v) is 11.1. The molecule has 2 aromatic rings. The van der Waals surface area contributed by atoms with Gasteiger partial charge in [0.25, 0.3) is 0 Å². The van der Waals surface area contributed by atoms with Crippen molar-refractivity contribution >= 4 is 11.5 Å². The topological polar surface area (TPSA) is 37.3 Å². The molecule has 2 nitrogen and oxygen atoms in total. The first kappa shape index (κ1) is 13.8. The summed E-state index contributed by atoms with van der Waals surface area (Å²) in [5.74, 6) is -0.910. The number of hydrogen-bond acceptors (Lipinski definition) is 1. The number of carbonyl (C=O) groups is 1. The van der Waals surface area contributed by atoms with Crippen molar-refractivity contribution in [2.45, 2.75) is 6.42 Å². The summed E-state index contributed by atoms with van der Waals surface area (Å²) in [7, 11) is 0. The predicted octanol–water partition coefficient (Wildman–Crippen LogP) is 4.15. The predicted molar refractivity (Wildman–Crippen MR) is 81.4 cm³/mol. The van der Waals surface area contributed by atoms with Crippen molar-refractivity contribution in [1.82, 2.24) is 0 Å². The van der Waals surface area contributed by atoms with E-state index in [1.165, 1.54) is 0 Å². The first-order valence-corrected chi connectivity index (χ1v) is 6.42. The largest absolute Gasteiger partial charge is 0.478 e. The van der Waals surface area contributed by atoms with E-state index in [9.17, 15) is 9.90 Å². The van der Waals surface area contributed by atoms with Crippen LogP contribution in [0.4, 0.5) is 0 Å². The minimum atomic E-state index is -0.910. The molecule has 1 N–H and O–H groups in total. The molecule has 0 heterocycles. The van der Waals surface area contributed by atoms with Crippen molar-refractivity contribution in [1.29, 1.82) is 0 Å². The molecule has 0 aliphatic carbocycles. The van der Waals surface area contributed by atoms with Gasteiger partial charge in [0, 0.05) is 5.57 Å². The normalized spacial score (nSPS) is 9.80. The number of benzene rings is 2. The molecule has 20 heavy (non-hydrogen) atoms. The molecule has 0 saturated heterocycles. The van der Waals surface area contributed by atoms with Crippen LogP contribution in [0.25, 0.3) is 5.57 Å². The molecule has 0 aliphatic rings. The summed E-state index contributed by atoms with van der Waals surface area (Å²) in [4.78, 5) is 11.6. The summed E-state index contributed by atoms with van der Waals surface area (Å²) in [6.45, 7) is 3.66. The Morgan fingerprint density at radius 3 is 1.75 bits per heavy atom. The fourth-order valence-electron chi connectivity index (χ4n) is 2.17. The maximum Gasteiger partial charge on any atom is 0.332 e. The van der Waals surface area contributed by atoms with E-state index in [1.54, 1.807) is 6.08 Å². The van der Waals surface area contributed by atoms with Crippen molar-refractivity contribution in [2.75, 3.05) is 0 Å². The minimum Gasteiger partial charge on any atom is -0.478 e. The number of allylic oxidation sites excluding steroid dienone is 1. The van der Waals surface area contributed by atoms with E-state index < -0.39 is 5.97 Å². The van der Waals surface area contributed by atoms with E-state index in [4.69, 9.17) is 0 Å². The highest BCUT2D eigenvalue weighted by atomic mass is 16.4. The van der Waals surface area contributed by atoms with Crippen LogP contribution in [-0.2, 0) is 4.79 Å². The van der Waals surface area contributed by atoms with Gasteiger partial charge in [-0.3, -0.25) is 0 Å². The lowest BCUT2D eigenvalue weighted by Crippen LogP contribution is -2.05. The summed E-state index contributed by atoms with van der Waals surface area (Å²) in [5, 5.41) is 9.49. The first-order chi connectivity index (χ1) is 9.74. The molecular weight excluding hydrogens is 248 g/mol. The van der Waals surface area contributed by atoms with E-state index in [2.05, 4.69) is 6.58 Å². The molecule has 0 fully saturated rings. The van der Waals surface area contributed by atoms with Gasteiger partial charge in [-0.1, -0.05) is 66.7 Å². The Balaban J connectivity index is 2.69. The van der Waals surface area contributed by atoms with Gasteiger partial charge in [0.2, 0.25) is 0 Å². The SMILES string of the molecule is C=CCC(C(=O)O)=C(c1ccccc1)c1ccccc1. The van der Waals surface area contributed by atoms with Crippen molar-refractivity contribution in [3.8, 4) is 0 Å². The molecule has 0 aliphatic heterocycles. The average molecular weight is 264 g/mol. The van der Waals surface area contributed by atoms with Crippen LogP contribution in [0.2, 0.25) is 0 Å². The van der Waals surface area contributed by atoms with Gasteiger partial charge in [-0.05, 0) is 23.1 Å². The van der Waals surface area contributed by atoms with Crippen molar-refractivity contribution < 1.29 is 9.90 Å². The average Bonchev–Trinajstić information content (AvgIpc) is 2.49. The van der Waals surface area contributed by atoms with Crippen LogP contribution in [0.3, 0.4) is 0 Å². The monoisotopic (exact) mass is 264 g/mol. The highest BCUT2D eigenvalue weighted by Gasteiger charge is 2.16. The van der Waals surface area contributed by atoms with E-state index in [1.807, 2.05) is 60.7 Å². The second-order valence-corrected chi connectivity index (χ2v) is 4.38. The van der Waals surface area contributed by atoms with Gasteiger partial charge in [0.1, 0.15) is 0 Å². The van der Waals surface area contributed by atoms with Crippen LogP contribution in [0, 0.1) is 0 Å². The van der Waals surface area contributed by atoms with Gasteiger partial charge >= 0.3 is 5.97 Å². The Hall–Kier alpha value is -2.61. The third-order valence-corrected chi connectivity index (χ3v) is 3.03. The molecule has 2 heteroatoms. The van der Waals surface area contributed by atoms with Crippen LogP contribution in [0.5, 0.6) is 0 Å². The number of aliphatic carboxylic acids is 1. The molecule has 0 amide bonds. The molecule has 0 saturated carbocycles. The van der Waals surface area contributed by atoms with Crippen molar-refractivity contribution in [3.05, 3.63) is 90.0 Å². The van der Waals surface area contributed by atoms with Gasteiger partial charge in [-0.25, -0.2) is 4.79 Å². The highest BCUT2D eigenvalue weighted by Crippen LogP contribution is 2.28. The Bertz CT molecular complexity index is 583. The molecule has 2 aromatic carbocycles. The van der Waals surface area contributed by atoms with Crippen molar-refractivity contribution in [2.24, 2.45) is 0 Å². The Morgan fingerprint density at radius 2 is 1.40 bits per heavy atom. The Morgan fingerprint density at radius 1 is 0.950 bits per heavy atom. The maximum atomic E-state index is 11.6. The third-order valence-electron chi connectivity index (χ3n) is 3.03. The first-order valence-electron chi connectivity index (χ1n) is 6.42. The summed E-state index contributed by atoms with van der Waals surface area (Å²) in [6, 6.07) is 19.2. The van der Waals surface area contributed by atoms with E-state index in [-0.39, 0.29) is 0 Å². The fraction of sp³-hybridized carbons (Fsp3) is 0.0556. The molecule has 2 rings (SSSR count). The number of rotatable bonds is 5. The Labute approximate surface area is 118 Å². The highest BCUT2D eigenvalue weighted by molar-refractivity contribution is 6.01. The molecular formula is C18H16O2. The summed E-state index contributed by atoms with van der Waals surface area (Å²) >= 11 is 0. The zero-order chi connectivity index (χ0) is 14.4. The lowest BCUT2D eigenvalue weighted by atomic mass is 9.91. The van der Waals surface area contributed by atoms with E-state index in [0.717, 1.165) is 16.7 Å². The molecule has 100 valence electrons. The number of hydrogen-bond donors (Lipinski definition) is 1. The zero-order valence-electron chi connectivity index (χ0n) is 11.1. The minimum absolute atomic E-state index is 0.328. The Kier molecular flexibility index (Phi) is 4.51. The van der Waals surface area contributed by atoms with Crippen LogP contribution in [-0.4, -0.2) is 11.1 Å². The lowest BCUT2D eigenvalue weighted by molar-refractivity contribution is -0.132. The molecule has 0 unspecified atom stereocenters. The second kappa shape index (κ2) is 6.53. The lowest BCUT2D eigenvalue weighted by Gasteiger charge is -2.12. The van der Waals surface area contributed by atoms with Crippen molar-refractivity contribution in [3.63, 3.8) is 0 Å². The van der Waals surface area contributed by atoms with Gasteiger partial charge in [0.05, 0.1) is 0 Å². The molecule has 0 spiro atoms. The van der Waals surface area contributed by atoms with Gasteiger partial charge in [-0.15, -0.1) is 6.58 Å². The maximum absolute atomic E-state index is 11.6. The molecule has 0 aromatic heterocycles. The summed E-state index contributed by atoms with van der Waals surface area (Å²) < 4.78 is 0. The fourth-order valence-corrected chi connectivity index (χ4v) is 2.17. The molecule has 0 atom stereocenters. The second-order valence-electron chi connectivity index (χ2n) is 4.38. The smallest absolute Gasteiger partial charge is 0.332 e. The quantitative estimate of drug-likeness (QED) is 0.650. The van der Waals surface area contributed by atoms with Crippen LogP contribution < -0.4 is 0 Å². The van der Waals surface area contributed by atoms with Crippen LogP contribution in [0.15, 0.2) is 78.9 Å². The molecule has 0 bridgehead atoms. The third kappa shape index (κ3) is 3.04.